The molecule has 0 fully saturated rings. The van der Waals surface area contributed by atoms with Gasteiger partial charge >= 0.3 is 0 Å². The zero-order chi connectivity index (χ0) is 21.0. The number of amides is 1. The van der Waals surface area contributed by atoms with Crippen molar-refractivity contribution in [1.82, 2.24) is 0 Å². The van der Waals surface area contributed by atoms with Gasteiger partial charge in [0.15, 0.2) is 17.9 Å². The number of carbonyl (C=O) groups excluding carboxylic acids is 3. The van der Waals surface area contributed by atoms with Crippen molar-refractivity contribution in [1.29, 1.82) is 0 Å². The van der Waals surface area contributed by atoms with Crippen LogP contribution in [0.2, 0.25) is 0 Å². The Kier molecular flexibility index (Phi) is 6.41. The van der Waals surface area contributed by atoms with Gasteiger partial charge in [-0.15, -0.1) is 0 Å². The number of anilines is 2. The summed E-state index contributed by atoms with van der Waals surface area (Å²) >= 11 is 0. The molecular formula is C22H24N2O5. The van der Waals surface area contributed by atoms with Gasteiger partial charge in [-0.3, -0.25) is 14.4 Å². The van der Waals surface area contributed by atoms with Gasteiger partial charge in [0.1, 0.15) is 0 Å². The Morgan fingerprint density at radius 1 is 0.897 bits per heavy atom. The molecule has 7 nitrogen and oxygen atoms in total. The van der Waals surface area contributed by atoms with Gasteiger partial charge in [-0.05, 0) is 26.0 Å². The van der Waals surface area contributed by atoms with Crippen LogP contribution in [0.3, 0.4) is 0 Å². The Morgan fingerprint density at radius 2 is 1.41 bits per heavy atom. The summed E-state index contributed by atoms with van der Waals surface area (Å²) in [6, 6.07) is 9.99. The zero-order valence-corrected chi connectivity index (χ0v) is 16.7. The molecule has 0 atom stereocenters. The molecule has 0 heterocycles. The number of ether oxygens (including phenoxy) is 2. The molecule has 2 aromatic rings. The lowest BCUT2D eigenvalue weighted by Crippen LogP contribution is -2.29. The highest BCUT2D eigenvalue weighted by Crippen LogP contribution is 2.36. The summed E-state index contributed by atoms with van der Waals surface area (Å²) in [5, 5.41) is 5.83. The molecule has 0 aliphatic heterocycles. The minimum Gasteiger partial charge on any atom is -0.379 e. The maximum absolute atomic E-state index is 13.2. The Labute approximate surface area is 169 Å². The van der Waals surface area contributed by atoms with Gasteiger partial charge in [0.25, 0.3) is 0 Å². The van der Waals surface area contributed by atoms with Crippen LogP contribution >= 0.6 is 0 Å². The van der Waals surface area contributed by atoms with Crippen LogP contribution in [0, 0.1) is 0 Å². The van der Waals surface area contributed by atoms with Gasteiger partial charge in [-0.25, -0.2) is 0 Å². The van der Waals surface area contributed by atoms with Crippen LogP contribution in [0.1, 0.15) is 52.6 Å². The van der Waals surface area contributed by atoms with Crippen LogP contribution in [0.5, 0.6) is 0 Å². The van der Waals surface area contributed by atoms with Crippen LogP contribution in [-0.4, -0.2) is 43.5 Å². The first-order valence-electron chi connectivity index (χ1n) is 9.58. The number of ketones is 2. The van der Waals surface area contributed by atoms with Crippen LogP contribution in [0.4, 0.5) is 11.4 Å². The van der Waals surface area contributed by atoms with E-state index in [1.807, 2.05) is 13.8 Å². The van der Waals surface area contributed by atoms with Gasteiger partial charge < -0.3 is 20.1 Å². The van der Waals surface area contributed by atoms with E-state index in [1.54, 1.807) is 36.4 Å². The van der Waals surface area contributed by atoms with E-state index in [0.717, 1.165) is 0 Å². The van der Waals surface area contributed by atoms with Crippen molar-refractivity contribution in [2.75, 3.05) is 30.4 Å². The minimum atomic E-state index is -0.489. The first kappa shape index (κ1) is 20.7. The molecule has 0 unspecified atom stereocenters. The van der Waals surface area contributed by atoms with Crippen molar-refractivity contribution in [3.8, 4) is 0 Å². The SMILES string of the molecule is CCOC(CNc1ccc(NC(C)=O)c2c1C(=O)c1ccccc1C2=O)OCC. The van der Waals surface area contributed by atoms with Crippen molar-refractivity contribution in [3.63, 3.8) is 0 Å². The molecule has 0 saturated carbocycles. The van der Waals surface area contributed by atoms with Crippen molar-refractivity contribution < 1.29 is 23.9 Å². The van der Waals surface area contributed by atoms with E-state index < -0.39 is 6.29 Å². The average Bonchev–Trinajstić information content (AvgIpc) is 2.70. The van der Waals surface area contributed by atoms with Crippen LogP contribution < -0.4 is 10.6 Å². The molecule has 0 aromatic heterocycles. The molecule has 2 N–H and O–H groups in total. The Bertz CT molecular complexity index is 948. The minimum absolute atomic E-state index is 0.193. The van der Waals surface area contributed by atoms with Gasteiger partial charge in [0, 0.05) is 37.0 Å². The molecule has 1 amide bonds. The number of hydrogen-bond acceptors (Lipinski definition) is 6. The largest absolute Gasteiger partial charge is 0.379 e. The second kappa shape index (κ2) is 8.98. The summed E-state index contributed by atoms with van der Waals surface area (Å²) in [6.45, 7) is 6.37. The zero-order valence-electron chi connectivity index (χ0n) is 16.7. The summed E-state index contributed by atoms with van der Waals surface area (Å²) in [6.07, 6.45) is -0.489. The van der Waals surface area contributed by atoms with Gasteiger partial charge in [-0.1, -0.05) is 24.3 Å². The highest BCUT2D eigenvalue weighted by molar-refractivity contribution is 6.32. The van der Waals surface area contributed by atoms with E-state index in [2.05, 4.69) is 10.6 Å². The van der Waals surface area contributed by atoms with E-state index in [0.29, 0.717) is 42.3 Å². The lowest BCUT2D eigenvalue weighted by atomic mass is 9.82. The number of hydrogen-bond donors (Lipinski definition) is 2. The van der Waals surface area contributed by atoms with Crippen molar-refractivity contribution in [3.05, 3.63) is 58.7 Å². The standard InChI is InChI=1S/C22H24N2O5/c1-4-28-18(29-5-2)12-23-16-10-11-17(24-13(3)25)20-19(16)21(26)14-8-6-7-9-15(14)22(20)27/h6-11,18,23H,4-5,12H2,1-3H3,(H,24,25). The molecule has 0 spiro atoms. The molecule has 7 heteroatoms. The second-order valence-corrected chi connectivity index (χ2v) is 6.52. The van der Waals surface area contributed by atoms with Crippen molar-refractivity contribution >= 4 is 28.8 Å². The van der Waals surface area contributed by atoms with Gasteiger partial charge in [0.05, 0.1) is 23.4 Å². The van der Waals surface area contributed by atoms with Crippen LogP contribution in [0.25, 0.3) is 0 Å². The fraction of sp³-hybridized carbons (Fsp3) is 0.318. The van der Waals surface area contributed by atoms with Crippen LogP contribution in [-0.2, 0) is 14.3 Å². The maximum atomic E-state index is 13.2. The molecule has 2 aromatic carbocycles. The fourth-order valence-corrected chi connectivity index (χ4v) is 3.39. The lowest BCUT2D eigenvalue weighted by molar-refractivity contribution is -0.126. The van der Waals surface area contributed by atoms with E-state index >= 15 is 0 Å². The third kappa shape index (κ3) is 4.21. The molecule has 3 rings (SSSR count). The second-order valence-electron chi connectivity index (χ2n) is 6.52. The Morgan fingerprint density at radius 3 is 1.93 bits per heavy atom. The topological polar surface area (TPSA) is 93.7 Å². The summed E-state index contributed by atoms with van der Waals surface area (Å²) in [4.78, 5) is 38.0. The molecule has 152 valence electrons. The van der Waals surface area contributed by atoms with Gasteiger partial charge in [-0.2, -0.15) is 0 Å². The quantitative estimate of drug-likeness (QED) is 0.568. The highest BCUT2D eigenvalue weighted by atomic mass is 16.7. The summed E-state index contributed by atoms with van der Waals surface area (Å²) in [7, 11) is 0. The summed E-state index contributed by atoms with van der Waals surface area (Å²) in [5.41, 5.74) is 1.92. The first-order valence-corrected chi connectivity index (χ1v) is 9.58. The molecule has 29 heavy (non-hydrogen) atoms. The van der Waals surface area contributed by atoms with E-state index in [-0.39, 0.29) is 28.6 Å². The van der Waals surface area contributed by atoms with Gasteiger partial charge in [0.2, 0.25) is 5.91 Å². The van der Waals surface area contributed by atoms with Crippen molar-refractivity contribution in [2.24, 2.45) is 0 Å². The number of carbonyl (C=O) groups is 3. The third-order valence-corrected chi connectivity index (χ3v) is 4.55. The van der Waals surface area contributed by atoms with E-state index in [9.17, 15) is 14.4 Å². The smallest absolute Gasteiger partial charge is 0.221 e. The van der Waals surface area contributed by atoms with E-state index in [1.165, 1.54) is 6.92 Å². The Hall–Kier alpha value is -3.03. The fourth-order valence-electron chi connectivity index (χ4n) is 3.39. The molecule has 0 saturated heterocycles. The number of benzene rings is 2. The number of nitrogens with one attached hydrogen (secondary N) is 2. The molecule has 1 aliphatic carbocycles. The van der Waals surface area contributed by atoms with Crippen LogP contribution in [0.15, 0.2) is 36.4 Å². The molecule has 0 bridgehead atoms. The van der Waals surface area contributed by atoms with E-state index in [4.69, 9.17) is 9.47 Å². The summed E-state index contributed by atoms with van der Waals surface area (Å²) in [5.74, 6) is -0.886. The monoisotopic (exact) mass is 396 g/mol. The Balaban J connectivity index is 2.05. The lowest BCUT2D eigenvalue weighted by Gasteiger charge is -2.24. The highest BCUT2D eigenvalue weighted by Gasteiger charge is 2.34. The normalized spacial score (nSPS) is 12.6. The number of fused-ring (bicyclic) bond motifs is 2. The third-order valence-electron chi connectivity index (χ3n) is 4.55. The maximum Gasteiger partial charge on any atom is 0.221 e. The molecule has 0 radical (unpaired) electrons. The molecular weight excluding hydrogens is 372 g/mol. The summed E-state index contributed by atoms with van der Waals surface area (Å²) < 4.78 is 11.1. The average molecular weight is 396 g/mol. The number of rotatable bonds is 8. The predicted octanol–water partition coefficient (Wildman–Crippen LogP) is 3.23. The molecule has 1 aliphatic rings. The predicted molar refractivity (Wildman–Crippen MR) is 110 cm³/mol. The first-order chi connectivity index (χ1) is 14.0. The van der Waals surface area contributed by atoms with Crippen molar-refractivity contribution in [2.45, 2.75) is 27.1 Å².